The monoisotopic (exact) mass is 345 g/mol. The molecule has 2 aromatic rings. The lowest BCUT2D eigenvalue weighted by atomic mass is 10.2. The zero-order valence-corrected chi connectivity index (χ0v) is 13.3. The predicted molar refractivity (Wildman–Crippen MR) is 87.6 cm³/mol. The summed E-state index contributed by atoms with van der Waals surface area (Å²) in [6.07, 6.45) is 2.14. The average molecular weight is 346 g/mol. The number of hydrogen-bond acceptors (Lipinski definition) is 5. The van der Waals surface area contributed by atoms with Crippen molar-refractivity contribution in [1.29, 1.82) is 5.26 Å². The van der Waals surface area contributed by atoms with E-state index in [2.05, 4.69) is 37.3 Å². The first-order valence-corrected chi connectivity index (χ1v) is 7.51. The lowest BCUT2D eigenvalue weighted by Gasteiger charge is -2.24. The summed E-state index contributed by atoms with van der Waals surface area (Å²) in [6.45, 7) is 3.32. The summed E-state index contributed by atoms with van der Waals surface area (Å²) in [4.78, 5) is 10.8. The molecular weight excluding hydrogens is 330 g/mol. The molecule has 6 heteroatoms. The smallest absolute Gasteiger partial charge is 0.224 e. The molecule has 5 nitrogen and oxygen atoms in total. The number of aromatic nitrogens is 2. The molecule has 21 heavy (non-hydrogen) atoms. The zero-order valence-electron chi connectivity index (χ0n) is 11.8. The molecule has 0 amide bonds. The Morgan fingerprint density at radius 3 is 2.76 bits per heavy atom. The number of nitrogens with one attached hydrogen (secondary N) is 1. The summed E-state index contributed by atoms with van der Waals surface area (Å²) in [5, 5.41) is 12.0. The Kier molecular flexibility index (Phi) is 5.52. The van der Waals surface area contributed by atoms with Crippen LogP contribution in [0.25, 0.3) is 0 Å². The van der Waals surface area contributed by atoms with Gasteiger partial charge in [0.1, 0.15) is 0 Å². The Labute approximate surface area is 132 Å². The maximum atomic E-state index is 8.88. The maximum absolute atomic E-state index is 8.88. The van der Waals surface area contributed by atoms with Gasteiger partial charge in [-0.05, 0) is 35.0 Å². The Bertz CT molecular complexity index is 624. The largest absolute Gasteiger partial charge is 0.354 e. The number of halogens is 1. The van der Waals surface area contributed by atoms with E-state index < -0.39 is 0 Å². The fraction of sp³-hybridized carbons (Fsp3) is 0.267. The van der Waals surface area contributed by atoms with E-state index in [-0.39, 0.29) is 0 Å². The van der Waals surface area contributed by atoms with Gasteiger partial charge in [0.2, 0.25) is 5.95 Å². The first-order valence-electron chi connectivity index (χ1n) is 6.72. The Hall–Kier alpha value is -2.13. The summed E-state index contributed by atoms with van der Waals surface area (Å²) in [5.41, 5.74) is 0.995. The number of hydrogen-bond donors (Lipinski definition) is 1. The second-order valence-corrected chi connectivity index (χ2v) is 5.15. The van der Waals surface area contributed by atoms with Crippen LogP contribution in [0.3, 0.4) is 0 Å². The van der Waals surface area contributed by atoms with Crippen molar-refractivity contribution in [1.82, 2.24) is 9.97 Å². The van der Waals surface area contributed by atoms with Gasteiger partial charge in [0.05, 0.1) is 17.0 Å². The molecule has 2 rings (SSSR count). The Morgan fingerprint density at radius 2 is 2.10 bits per heavy atom. The van der Waals surface area contributed by atoms with Gasteiger partial charge >= 0.3 is 0 Å². The molecule has 0 saturated carbocycles. The summed E-state index contributed by atoms with van der Waals surface area (Å²) >= 11 is 3.49. The highest BCUT2D eigenvalue weighted by molar-refractivity contribution is 9.10. The molecule has 0 aliphatic rings. The van der Waals surface area contributed by atoms with Crippen LogP contribution < -0.4 is 10.2 Å². The fourth-order valence-corrected chi connectivity index (χ4v) is 2.32. The van der Waals surface area contributed by atoms with E-state index >= 15 is 0 Å². The first kappa shape index (κ1) is 15.3. The average Bonchev–Trinajstić information content (AvgIpc) is 2.52. The lowest BCUT2D eigenvalue weighted by molar-refractivity contribution is 0.914. The quantitative estimate of drug-likeness (QED) is 0.864. The van der Waals surface area contributed by atoms with Gasteiger partial charge in [-0.1, -0.05) is 18.2 Å². The molecule has 0 unspecified atom stereocenters. The molecule has 0 aliphatic heterocycles. The highest BCUT2D eigenvalue weighted by atomic mass is 79.9. The summed E-state index contributed by atoms with van der Waals surface area (Å²) in [7, 11) is 0. The van der Waals surface area contributed by atoms with Crippen molar-refractivity contribution in [3.63, 3.8) is 0 Å². The van der Waals surface area contributed by atoms with Crippen molar-refractivity contribution in [2.45, 2.75) is 13.3 Å². The van der Waals surface area contributed by atoms with Crippen LogP contribution in [0.4, 0.5) is 17.5 Å². The van der Waals surface area contributed by atoms with Crippen LogP contribution >= 0.6 is 15.9 Å². The molecule has 108 valence electrons. The predicted octanol–water partition coefficient (Wildman–Crippen LogP) is 3.72. The van der Waals surface area contributed by atoms with Crippen LogP contribution in [-0.2, 0) is 0 Å². The van der Waals surface area contributed by atoms with Crippen LogP contribution in [0.5, 0.6) is 0 Å². The van der Waals surface area contributed by atoms with Gasteiger partial charge in [0.25, 0.3) is 0 Å². The van der Waals surface area contributed by atoms with E-state index in [0.29, 0.717) is 18.9 Å². The van der Waals surface area contributed by atoms with E-state index in [1.165, 1.54) is 0 Å². The SMILES string of the molecule is CCNc1ncc(Br)c(N(CCC#N)c2ccccc2)n1. The van der Waals surface area contributed by atoms with Gasteiger partial charge in [-0.25, -0.2) is 4.98 Å². The summed E-state index contributed by atoms with van der Waals surface area (Å²) in [5.74, 6) is 1.33. The number of para-hydroxylation sites is 1. The van der Waals surface area contributed by atoms with Crippen LogP contribution in [-0.4, -0.2) is 23.1 Å². The zero-order chi connectivity index (χ0) is 15.1. The van der Waals surface area contributed by atoms with E-state index in [0.717, 1.165) is 22.5 Å². The summed E-state index contributed by atoms with van der Waals surface area (Å²) < 4.78 is 0.797. The van der Waals surface area contributed by atoms with Gasteiger partial charge in [0, 0.05) is 25.0 Å². The third-order valence-electron chi connectivity index (χ3n) is 2.83. The standard InChI is InChI=1S/C15H16BrN5/c1-2-18-15-19-11-13(16)14(20-15)21(10-6-9-17)12-7-4-3-5-8-12/h3-5,7-8,11H,2,6,10H2,1H3,(H,18,19,20). The van der Waals surface area contributed by atoms with E-state index in [1.807, 2.05) is 42.2 Å². The fourth-order valence-electron chi connectivity index (χ4n) is 1.92. The molecule has 1 aromatic heterocycles. The van der Waals surface area contributed by atoms with Crippen molar-refractivity contribution in [2.75, 3.05) is 23.3 Å². The Morgan fingerprint density at radius 1 is 1.33 bits per heavy atom. The van der Waals surface area contributed by atoms with Crippen molar-refractivity contribution in [3.05, 3.63) is 41.0 Å². The molecule has 1 N–H and O–H groups in total. The molecule has 0 spiro atoms. The number of nitrogens with zero attached hydrogens (tertiary/aromatic N) is 4. The van der Waals surface area contributed by atoms with Gasteiger partial charge in [-0.15, -0.1) is 0 Å². The first-order chi connectivity index (χ1) is 10.3. The minimum absolute atomic E-state index is 0.419. The van der Waals surface area contributed by atoms with E-state index in [9.17, 15) is 0 Å². The minimum atomic E-state index is 0.419. The highest BCUT2D eigenvalue weighted by Gasteiger charge is 2.15. The lowest BCUT2D eigenvalue weighted by Crippen LogP contribution is -2.20. The molecule has 0 aliphatic carbocycles. The number of nitriles is 1. The van der Waals surface area contributed by atoms with Crippen LogP contribution in [0.1, 0.15) is 13.3 Å². The Balaban J connectivity index is 2.41. The molecule has 1 heterocycles. The van der Waals surface area contributed by atoms with Gasteiger partial charge in [-0.2, -0.15) is 10.2 Å². The second kappa shape index (κ2) is 7.60. The van der Waals surface area contributed by atoms with Gasteiger partial charge in [0.15, 0.2) is 5.82 Å². The van der Waals surface area contributed by atoms with Crippen molar-refractivity contribution < 1.29 is 0 Å². The third-order valence-corrected chi connectivity index (χ3v) is 3.39. The number of benzene rings is 1. The molecule has 0 saturated heterocycles. The van der Waals surface area contributed by atoms with Crippen molar-refractivity contribution >= 4 is 33.4 Å². The maximum Gasteiger partial charge on any atom is 0.224 e. The molecule has 0 bridgehead atoms. The molecule has 0 fully saturated rings. The van der Waals surface area contributed by atoms with Crippen LogP contribution in [0, 0.1) is 11.3 Å². The summed E-state index contributed by atoms with van der Waals surface area (Å²) in [6, 6.07) is 12.1. The van der Waals surface area contributed by atoms with Crippen molar-refractivity contribution in [2.24, 2.45) is 0 Å². The minimum Gasteiger partial charge on any atom is -0.354 e. The van der Waals surface area contributed by atoms with E-state index in [1.54, 1.807) is 6.20 Å². The van der Waals surface area contributed by atoms with Gasteiger partial charge < -0.3 is 10.2 Å². The third kappa shape index (κ3) is 3.92. The highest BCUT2D eigenvalue weighted by Crippen LogP contribution is 2.30. The van der Waals surface area contributed by atoms with Crippen LogP contribution in [0.15, 0.2) is 41.0 Å². The van der Waals surface area contributed by atoms with Gasteiger partial charge in [-0.3, -0.25) is 0 Å². The second-order valence-electron chi connectivity index (χ2n) is 4.29. The molecular formula is C15H16BrN5. The molecule has 0 radical (unpaired) electrons. The number of anilines is 3. The normalized spacial score (nSPS) is 9.95. The number of rotatable bonds is 6. The van der Waals surface area contributed by atoms with Crippen molar-refractivity contribution in [3.8, 4) is 6.07 Å². The topological polar surface area (TPSA) is 64.8 Å². The molecule has 1 aromatic carbocycles. The van der Waals surface area contributed by atoms with E-state index in [4.69, 9.17) is 5.26 Å². The molecule has 0 atom stereocenters. The van der Waals surface area contributed by atoms with Crippen LogP contribution in [0.2, 0.25) is 0 Å².